The number of anilines is 1. The number of nitrogens with two attached hydrogens (primary N) is 1. The van der Waals surface area contributed by atoms with Crippen molar-refractivity contribution in [3.8, 4) is 0 Å². The summed E-state index contributed by atoms with van der Waals surface area (Å²) in [5, 5.41) is 0.399. The summed E-state index contributed by atoms with van der Waals surface area (Å²) in [5.41, 5.74) is 6.97. The Labute approximate surface area is 81.0 Å². The minimum atomic E-state index is 0.399. The standard InChI is InChI=1S/C8H8Cl2N2/c9-4-1-2-6-7(11)3-5-12-8(6)10/h1-3,5H,4H2,(H2,11,12). The molecule has 2 N–H and O–H groups in total. The predicted octanol–water partition coefficient (Wildman–Crippen LogP) is 2.57. The first-order valence-electron chi connectivity index (χ1n) is 3.38. The molecule has 0 atom stereocenters. The number of allylic oxidation sites excluding steroid dienone is 1. The minimum absolute atomic E-state index is 0.399. The third-order valence-electron chi connectivity index (χ3n) is 1.35. The van der Waals surface area contributed by atoms with Gasteiger partial charge in [-0.1, -0.05) is 23.8 Å². The number of pyridine rings is 1. The Kier molecular flexibility index (Phi) is 3.38. The fourth-order valence-electron chi connectivity index (χ4n) is 0.789. The monoisotopic (exact) mass is 202 g/mol. The molecule has 2 nitrogen and oxygen atoms in total. The van der Waals surface area contributed by atoms with Gasteiger partial charge in [0.2, 0.25) is 0 Å². The summed E-state index contributed by atoms with van der Waals surface area (Å²) in [5.74, 6) is 0.435. The molecule has 1 aromatic rings. The summed E-state index contributed by atoms with van der Waals surface area (Å²) in [7, 11) is 0. The van der Waals surface area contributed by atoms with Crippen LogP contribution in [0.5, 0.6) is 0 Å². The third kappa shape index (κ3) is 2.13. The van der Waals surface area contributed by atoms with Gasteiger partial charge in [-0.3, -0.25) is 0 Å². The average Bonchev–Trinajstić information content (AvgIpc) is 2.04. The van der Waals surface area contributed by atoms with Crippen LogP contribution in [0, 0.1) is 0 Å². The minimum Gasteiger partial charge on any atom is -0.398 e. The van der Waals surface area contributed by atoms with E-state index in [0.717, 1.165) is 5.56 Å². The van der Waals surface area contributed by atoms with Crippen LogP contribution >= 0.6 is 23.2 Å². The second-order valence-corrected chi connectivity index (χ2v) is 2.83. The van der Waals surface area contributed by atoms with Gasteiger partial charge in [0.15, 0.2) is 0 Å². The Morgan fingerprint density at radius 1 is 1.58 bits per heavy atom. The van der Waals surface area contributed by atoms with Crippen LogP contribution in [0.3, 0.4) is 0 Å². The smallest absolute Gasteiger partial charge is 0.138 e. The highest BCUT2D eigenvalue weighted by Crippen LogP contribution is 2.20. The maximum atomic E-state index is 5.78. The lowest BCUT2D eigenvalue weighted by molar-refractivity contribution is 1.32. The first kappa shape index (κ1) is 9.36. The Hall–Kier alpha value is -0.730. The summed E-state index contributed by atoms with van der Waals surface area (Å²) in [6.45, 7) is 0. The van der Waals surface area contributed by atoms with E-state index in [2.05, 4.69) is 4.98 Å². The van der Waals surface area contributed by atoms with Crippen LogP contribution in [0.4, 0.5) is 5.69 Å². The number of alkyl halides is 1. The molecule has 0 aliphatic heterocycles. The van der Waals surface area contributed by atoms with Gasteiger partial charge >= 0.3 is 0 Å². The molecule has 1 heterocycles. The molecular formula is C8H8Cl2N2. The van der Waals surface area contributed by atoms with Gasteiger partial charge in [0.25, 0.3) is 0 Å². The van der Waals surface area contributed by atoms with Crippen molar-refractivity contribution in [1.82, 2.24) is 4.98 Å². The first-order chi connectivity index (χ1) is 5.75. The highest BCUT2D eigenvalue weighted by atomic mass is 35.5. The lowest BCUT2D eigenvalue weighted by Gasteiger charge is -2.00. The van der Waals surface area contributed by atoms with E-state index in [1.165, 1.54) is 0 Å². The van der Waals surface area contributed by atoms with Gasteiger partial charge in [0, 0.05) is 23.3 Å². The lowest BCUT2D eigenvalue weighted by atomic mass is 10.2. The van der Waals surface area contributed by atoms with Crippen molar-refractivity contribution in [3.63, 3.8) is 0 Å². The molecule has 0 fully saturated rings. The van der Waals surface area contributed by atoms with Gasteiger partial charge in [0.1, 0.15) is 5.15 Å². The topological polar surface area (TPSA) is 38.9 Å². The number of hydrogen-bond acceptors (Lipinski definition) is 2. The molecule has 0 unspecified atom stereocenters. The van der Waals surface area contributed by atoms with Crippen LogP contribution in [0.2, 0.25) is 5.15 Å². The maximum absolute atomic E-state index is 5.78. The molecule has 12 heavy (non-hydrogen) atoms. The van der Waals surface area contributed by atoms with Crippen LogP contribution < -0.4 is 5.73 Å². The molecular weight excluding hydrogens is 195 g/mol. The van der Waals surface area contributed by atoms with Gasteiger partial charge in [0.05, 0.1) is 0 Å². The Morgan fingerprint density at radius 2 is 2.33 bits per heavy atom. The maximum Gasteiger partial charge on any atom is 0.138 e. The average molecular weight is 203 g/mol. The fourth-order valence-corrected chi connectivity index (χ4v) is 1.11. The second kappa shape index (κ2) is 4.33. The number of halogens is 2. The van der Waals surface area contributed by atoms with Gasteiger partial charge in [-0.15, -0.1) is 11.6 Å². The van der Waals surface area contributed by atoms with Crippen molar-refractivity contribution in [2.24, 2.45) is 0 Å². The molecule has 0 bridgehead atoms. The van der Waals surface area contributed by atoms with E-state index >= 15 is 0 Å². The van der Waals surface area contributed by atoms with Crippen LogP contribution in [0.1, 0.15) is 5.56 Å². The van der Waals surface area contributed by atoms with E-state index in [9.17, 15) is 0 Å². The molecule has 0 aliphatic rings. The fraction of sp³-hybridized carbons (Fsp3) is 0.125. The van der Waals surface area contributed by atoms with Gasteiger partial charge in [-0.2, -0.15) is 0 Å². The molecule has 0 saturated heterocycles. The zero-order chi connectivity index (χ0) is 8.97. The molecule has 1 rings (SSSR count). The predicted molar refractivity (Wildman–Crippen MR) is 53.4 cm³/mol. The van der Waals surface area contributed by atoms with Crippen molar-refractivity contribution in [2.75, 3.05) is 11.6 Å². The number of hydrogen-bond donors (Lipinski definition) is 1. The van der Waals surface area contributed by atoms with Crippen molar-refractivity contribution < 1.29 is 0 Å². The van der Waals surface area contributed by atoms with E-state index in [0.29, 0.717) is 16.7 Å². The van der Waals surface area contributed by atoms with Crippen molar-refractivity contribution in [2.45, 2.75) is 0 Å². The normalized spacial score (nSPS) is 10.8. The Bertz CT molecular complexity index is 277. The zero-order valence-corrected chi connectivity index (χ0v) is 7.81. The zero-order valence-electron chi connectivity index (χ0n) is 6.30. The van der Waals surface area contributed by atoms with Crippen LogP contribution in [-0.2, 0) is 0 Å². The summed E-state index contributed by atoms with van der Waals surface area (Å²) in [6.07, 6.45) is 5.09. The summed E-state index contributed by atoms with van der Waals surface area (Å²) >= 11 is 11.2. The van der Waals surface area contributed by atoms with E-state index in [-0.39, 0.29) is 0 Å². The van der Waals surface area contributed by atoms with Crippen molar-refractivity contribution >= 4 is 35.0 Å². The van der Waals surface area contributed by atoms with Gasteiger partial charge in [-0.05, 0) is 6.07 Å². The molecule has 0 saturated carbocycles. The molecule has 1 aromatic heterocycles. The van der Waals surface area contributed by atoms with Crippen molar-refractivity contribution in [1.29, 1.82) is 0 Å². The SMILES string of the molecule is Nc1ccnc(Cl)c1C=CCCl. The summed E-state index contributed by atoms with van der Waals surface area (Å²) in [4.78, 5) is 3.88. The Morgan fingerprint density at radius 3 is 2.92 bits per heavy atom. The molecule has 0 radical (unpaired) electrons. The van der Waals surface area contributed by atoms with Crippen LogP contribution in [0.15, 0.2) is 18.3 Å². The quantitative estimate of drug-likeness (QED) is 0.592. The second-order valence-electron chi connectivity index (χ2n) is 2.16. The lowest BCUT2D eigenvalue weighted by Crippen LogP contribution is -1.91. The Balaban J connectivity index is 3.04. The van der Waals surface area contributed by atoms with Gasteiger partial charge in [-0.25, -0.2) is 4.98 Å². The number of aromatic nitrogens is 1. The highest BCUT2D eigenvalue weighted by Gasteiger charge is 2.00. The van der Waals surface area contributed by atoms with Crippen molar-refractivity contribution in [3.05, 3.63) is 29.1 Å². The van der Waals surface area contributed by atoms with E-state index in [1.54, 1.807) is 24.4 Å². The van der Waals surface area contributed by atoms with Crippen LogP contribution in [-0.4, -0.2) is 10.9 Å². The third-order valence-corrected chi connectivity index (χ3v) is 1.83. The van der Waals surface area contributed by atoms with E-state index < -0.39 is 0 Å². The molecule has 0 amide bonds. The molecule has 4 heteroatoms. The summed E-state index contributed by atoms with van der Waals surface area (Å²) in [6, 6.07) is 1.69. The number of nitrogen functional groups attached to an aromatic ring is 1. The highest BCUT2D eigenvalue weighted by molar-refractivity contribution is 6.31. The van der Waals surface area contributed by atoms with Gasteiger partial charge < -0.3 is 5.73 Å². The first-order valence-corrected chi connectivity index (χ1v) is 4.29. The van der Waals surface area contributed by atoms with Crippen LogP contribution in [0.25, 0.3) is 6.08 Å². The number of nitrogens with zero attached hydrogens (tertiary/aromatic N) is 1. The largest absolute Gasteiger partial charge is 0.398 e. The van der Waals surface area contributed by atoms with E-state index in [4.69, 9.17) is 28.9 Å². The molecule has 64 valence electrons. The number of rotatable bonds is 2. The molecule has 0 aliphatic carbocycles. The molecule has 0 spiro atoms. The molecule has 0 aromatic carbocycles. The van der Waals surface area contributed by atoms with E-state index in [1.807, 2.05) is 0 Å². The summed E-state index contributed by atoms with van der Waals surface area (Å²) < 4.78 is 0.